The lowest BCUT2D eigenvalue weighted by molar-refractivity contribution is 0.438. The van der Waals surface area contributed by atoms with Crippen molar-refractivity contribution in [1.29, 1.82) is 0 Å². The maximum absolute atomic E-state index is 14.0. The highest BCUT2D eigenvalue weighted by atomic mass is 19.1. The van der Waals surface area contributed by atoms with Crippen LogP contribution >= 0.6 is 0 Å². The van der Waals surface area contributed by atoms with Crippen molar-refractivity contribution in [3.63, 3.8) is 0 Å². The Hall–Kier alpha value is -3.55. The first kappa shape index (κ1) is 17.8. The SMILES string of the molecule is CC(C)(CNc1ccc(-c2ccc3[nH]c(O)nc3c2)nn1)c1ncccc1F. The van der Waals surface area contributed by atoms with Crippen LogP contribution in [0, 0.1) is 5.82 Å². The summed E-state index contributed by atoms with van der Waals surface area (Å²) < 4.78 is 14.0. The highest BCUT2D eigenvalue weighted by Crippen LogP contribution is 2.25. The number of aromatic hydroxyl groups is 1. The lowest BCUT2D eigenvalue weighted by atomic mass is 9.88. The highest BCUT2D eigenvalue weighted by Gasteiger charge is 2.25. The zero-order chi connectivity index (χ0) is 19.7. The molecule has 0 amide bonds. The molecule has 0 bridgehead atoms. The van der Waals surface area contributed by atoms with Crippen LogP contribution in [0.15, 0.2) is 48.7 Å². The van der Waals surface area contributed by atoms with Gasteiger partial charge >= 0.3 is 0 Å². The lowest BCUT2D eigenvalue weighted by Crippen LogP contribution is -2.30. The van der Waals surface area contributed by atoms with Crippen molar-refractivity contribution in [3.8, 4) is 17.3 Å². The Labute approximate surface area is 160 Å². The molecule has 3 N–H and O–H groups in total. The summed E-state index contributed by atoms with van der Waals surface area (Å²) in [6.45, 7) is 4.29. The van der Waals surface area contributed by atoms with Crippen LogP contribution in [0.1, 0.15) is 19.5 Å². The van der Waals surface area contributed by atoms with Gasteiger partial charge in [0.05, 0.1) is 22.4 Å². The third-order valence-corrected chi connectivity index (χ3v) is 4.54. The fourth-order valence-corrected chi connectivity index (χ4v) is 3.01. The second-order valence-electron chi connectivity index (χ2n) is 7.17. The molecule has 8 heteroatoms. The van der Waals surface area contributed by atoms with Crippen molar-refractivity contribution in [2.45, 2.75) is 19.3 Å². The van der Waals surface area contributed by atoms with Gasteiger partial charge in [-0.05, 0) is 36.4 Å². The van der Waals surface area contributed by atoms with Crippen LogP contribution < -0.4 is 5.32 Å². The van der Waals surface area contributed by atoms with Gasteiger partial charge in [0, 0.05) is 23.7 Å². The van der Waals surface area contributed by atoms with E-state index in [4.69, 9.17) is 0 Å². The average Bonchev–Trinajstić information content (AvgIpc) is 3.06. The maximum atomic E-state index is 14.0. The first-order valence-electron chi connectivity index (χ1n) is 8.80. The smallest absolute Gasteiger partial charge is 0.292 e. The monoisotopic (exact) mass is 378 g/mol. The Morgan fingerprint density at radius 3 is 2.75 bits per heavy atom. The van der Waals surface area contributed by atoms with Gasteiger partial charge < -0.3 is 15.4 Å². The van der Waals surface area contributed by atoms with Gasteiger partial charge in [0.1, 0.15) is 11.6 Å². The van der Waals surface area contributed by atoms with E-state index in [0.29, 0.717) is 29.3 Å². The highest BCUT2D eigenvalue weighted by molar-refractivity contribution is 5.81. The summed E-state index contributed by atoms with van der Waals surface area (Å²) in [6.07, 6.45) is 1.59. The molecule has 7 nitrogen and oxygen atoms in total. The Kier molecular flexibility index (Phi) is 4.38. The molecule has 0 spiro atoms. The van der Waals surface area contributed by atoms with Crippen LogP contribution in [0.4, 0.5) is 10.2 Å². The van der Waals surface area contributed by atoms with Gasteiger partial charge in [0.15, 0.2) is 0 Å². The number of aromatic nitrogens is 5. The van der Waals surface area contributed by atoms with E-state index in [1.165, 1.54) is 6.07 Å². The lowest BCUT2D eigenvalue weighted by Gasteiger charge is -2.24. The van der Waals surface area contributed by atoms with E-state index in [9.17, 15) is 9.50 Å². The second-order valence-corrected chi connectivity index (χ2v) is 7.17. The molecule has 0 radical (unpaired) electrons. The summed E-state index contributed by atoms with van der Waals surface area (Å²) >= 11 is 0. The minimum Gasteiger partial charge on any atom is -0.480 e. The van der Waals surface area contributed by atoms with Crippen molar-refractivity contribution >= 4 is 16.9 Å². The van der Waals surface area contributed by atoms with Crippen LogP contribution in [0.3, 0.4) is 0 Å². The topological polar surface area (TPSA) is 99.6 Å². The first-order valence-corrected chi connectivity index (χ1v) is 8.80. The quantitative estimate of drug-likeness (QED) is 0.490. The molecule has 1 aromatic carbocycles. The molecule has 28 heavy (non-hydrogen) atoms. The number of hydrogen-bond acceptors (Lipinski definition) is 6. The largest absolute Gasteiger partial charge is 0.480 e. The van der Waals surface area contributed by atoms with Crippen LogP contribution in [-0.2, 0) is 5.41 Å². The predicted molar refractivity (Wildman–Crippen MR) is 104 cm³/mol. The molecule has 0 saturated carbocycles. The molecule has 3 heterocycles. The molecule has 4 rings (SSSR count). The fourth-order valence-electron chi connectivity index (χ4n) is 3.01. The molecule has 0 aliphatic carbocycles. The summed E-state index contributed by atoms with van der Waals surface area (Å²) in [5.41, 5.74) is 2.81. The standard InChI is InChI=1S/C20H19FN6O/c1-20(2,18-13(21)4-3-9-22-18)11-23-17-8-7-14(26-27-17)12-5-6-15-16(10-12)25-19(28)24-15/h3-10H,11H2,1-2H3,(H,23,27)(H2,24,25,28). The summed E-state index contributed by atoms with van der Waals surface area (Å²) in [4.78, 5) is 10.9. The summed E-state index contributed by atoms with van der Waals surface area (Å²) in [5.74, 6) is 0.266. The Morgan fingerprint density at radius 1 is 1.14 bits per heavy atom. The average molecular weight is 378 g/mol. The zero-order valence-corrected chi connectivity index (χ0v) is 15.4. The normalized spacial score (nSPS) is 11.7. The number of nitrogens with one attached hydrogen (secondary N) is 2. The number of H-pyrrole nitrogens is 1. The Bertz CT molecular complexity index is 1120. The fraction of sp³-hybridized carbons (Fsp3) is 0.200. The summed E-state index contributed by atoms with van der Waals surface area (Å²) in [5, 5.41) is 21.1. The molecule has 3 aromatic heterocycles. The van der Waals surface area contributed by atoms with Crippen LogP contribution in [0.5, 0.6) is 6.01 Å². The number of anilines is 1. The Balaban J connectivity index is 1.49. The van der Waals surface area contributed by atoms with Crippen molar-refractivity contribution in [2.75, 3.05) is 11.9 Å². The van der Waals surface area contributed by atoms with E-state index >= 15 is 0 Å². The second kappa shape index (κ2) is 6.88. The number of fused-ring (bicyclic) bond motifs is 1. The van der Waals surface area contributed by atoms with Crippen molar-refractivity contribution in [1.82, 2.24) is 25.1 Å². The number of nitrogens with zero attached hydrogens (tertiary/aromatic N) is 4. The molecule has 0 saturated heterocycles. The zero-order valence-electron chi connectivity index (χ0n) is 15.4. The van der Waals surface area contributed by atoms with Crippen LogP contribution in [0.25, 0.3) is 22.3 Å². The molecule has 0 unspecified atom stereocenters. The number of halogens is 1. The molecular weight excluding hydrogens is 359 g/mol. The van der Waals surface area contributed by atoms with E-state index in [1.807, 2.05) is 44.2 Å². The number of imidazole rings is 1. The van der Waals surface area contributed by atoms with Gasteiger partial charge in [0.25, 0.3) is 6.01 Å². The Morgan fingerprint density at radius 2 is 2.00 bits per heavy atom. The van der Waals surface area contributed by atoms with E-state index in [2.05, 4.69) is 30.5 Å². The van der Waals surface area contributed by atoms with Crippen LogP contribution in [0.2, 0.25) is 0 Å². The molecule has 142 valence electrons. The minimum absolute atomic E-state index is 0.121. The number of aromatic amines is 1. The van der Waals surface area contributed by atoms with Gasteiger partial charge in [0.2, 0.25) is 0 Å². The van der Waals surface area contributed by atoms with Crippen molar-refractivity contribution in [3.05, 3.63) is 60.2 Å². The molecular formula is C20H19FN6O. The van der Waals surface area contributed by atoms with E-state index in [1.54, 1.807) is 12.3 Å². The summed E-state index contributed by atoms with van der Waals surface area (Å²) in [7, 11) is 0. The molecule has 0 fully saturated rings. The first-order chi connectivity index (χ1) is 13.4. The van der Waals surface area contributed by atoms with E-state index < -0.39 is 5.41 Å². The van der Waals surface area contributed by atoms with Crippen molar-refractivity contribution < 1.29 is 9.50 Å². The number of rotatable bonds is 5. The van der Waals surface area contributed by atoms with Crippen molar-refractivity contribution in [2.24, 2.45) is 0 Å². The van der Waals surface area contributed by atoms with Gasteiger partial charge in [-0.3, -0.25) is 4.98 Å². The van der Waals surface area contributed by atoms with Gasteiger partial charge in [-0.25, -0.2) is 4.39 Å². The molecule has 4 aromatic rings. The number of hydrogen-bond donors (Lipinski definition) is 3. The molecule has 0 aliphatic rings. The van der Waals surface area contributed by atoms with E-state index in [0.717, 1.165) is 11.1 Å². The third kappa shape index (κ3) is 3.48. The van der Waals surface area contributed by atoms with Gasteiger partial charge in [-0.15, -0.1) is 10.2 Å². The summed E-state index contributed by atoms with van der Waals surface area (Å²) in [6, 6.07) is 12.1. The van der Waals surface area contributed by atoms with Crippen LogP contribution in [-0.4, -0.2) is 36.8 Å². The number of benzene rings is 1. The van der Waals surface area contributed by atoms with Gasteiger partial charge in [-0.1, -0.05) is 19.9 Å². The third-order valence-electron chi connectivity index (χ3n) is 4.54. The van der Waals surface area contributed by atoms with Gasteiger partial charge in [-0.2, -0.15) is 4.98 Å². The maximum Gasteiger partial charge on any atom is 0.292 e. The number of pyridine rings is 1. The minimum atomic E-state index is -0.515. The molecule has 0 atom stereocenters. The van der Waals surface area contributed by atoms with E-state index in [-0.39, 0.29) is 11.8 Å². The predicted octanol–water partition coefficient (Wildman–Crippen LogP) is 3.65. The molecule has 0 aliphatic heterocycles.